The smallest absolute Gasteiger partial charge is 0.311 e. The number of hydrogen-bond donors (Lipinski definition) is 0. The maximum atomic E-state index is 12.8. The molecule has 1 aliphatic heterocycles. The lowest BCUT2D eigenvalue weighted by molar-refractivity contribution is -0.385. The van der Waals surface area contributed by atoms with Gasteiger partial charge in [-0.1, -0.05) is 48.0 Å². The first-order valence-electron chi connectivity index (χ1n) is 10.5. The number of nitrogens with zero attached hydrogens (tertiary/aromatic N) is 3. The third-order valence-corrected chi connectivity index (χ3v) is 6.45. The second kappa shape index (κ2) is 7.71. The number of hydrazone groups is 1. The number of benzene rings is 2. The third-order valence-electron chi connectivity index (χ3n) is 6.45. The Morgan fingerprint density at radius 2 is 1.81 bits per heavy atom. The van der Waals surface area contributed by atoms with Crippen LogP contribution in [0.4, 0.5) is 5.69 Å². The molecule has 0 aromatic heterocycles. The Kier molecular flexibility index (Phi) is 4.84. The van der Waals surface area contributed by atoms with Crippen LogP contribution in [-0.4, -0.2) is 28.0 Å². The van der Waals surface area contributed by atoms with Crippen molar-refractivity contribution in [3.63, 3.8) is 0 Å². The monoisotopic (exact) mass is 431 g/mol. The second-order valence-corrected chi connectivity index (χ2v) is 8.46. The minimum absolute atomic E-state index is 0.0452. The molecule has 2 fully saturated rings. The van der Waals surface area contributed by atoms with Crippen molar-refractivity contribution in [1.82, 2.24) is 5.01 Å². The van der Waals surface area contributed by atoms with Crippen LogP contribution in [0.25, 0.3) is 0 Å². The average molecular weight is 431 g/mol. The van der Waals surface area contributed by atoms with Gasteiger partial charge in [0.1, 0.15) is 6.61 Å². The molecule has 3 aliphatic rings. The van der Waals surface area contributed by atoms with Gasteiger partial charge in [0.05, 0.1) is 23.0 Å². The van der Waals surface area contributed by atoms with Gasteiger partial charge in [0, 0.05) is 11.6 Å². The zero-order chi connectivity index (χ0) is 22.4. The van der Waals surface area contributed by atoms with Crippen molar-refractivity contribution in [3.05, 3.63) is 81.4 Å². The summed E-state index contributed by atoms with van der Waals surface area (Å²) in [6, 6.07) is 12.1. The summed E-state index contributed by atoms with van der Waals surface area (Å²) in [5.74, 6) is -1.08. The molecule has 2 aromatic rings. The lowest BCUT2D eigenvalue weighted by atomic mass is 9.85. The number of nitro groups is 1. The van der Waals surface area contributed by atoms with E-state index in [1.165, 1.54) is 18.3 Å². The molecule has 2 aliphatic carbocycles. The average Bonchev–Trinajstić information content (AvgIpc) is 3.45. The molecule has 8 heteroatoms. The van der Waals surface area contributed by atoms with E-state index in [4.69, 9.17) is 4.74 Å². The molecule has 0 spiro atoms. The fourth-order valence-electron chi connectivity index (χ4n) is 5.02. The van der Waals surface area contributed by atoms with Crippen molar-refractivity contribution in [2.45, 2.75) is 20.0 Å². The van der Waals surface area contributed by atoms with Gasteiger partial charge in [-0.3, -0.25) is 19.7 Å². The van der Waals surface area contributed by atoms with Crippen LogP contribution in [0.1, 0.15) is 23.1 Å². The highest BCUT2D eigenvalue weighted by atomic mass is 16.6. The maximum absolute atomic E-state index is 12.8. The van der Waals surface area contributed by atoms with Crippen molar-refractivity contribution in [2.75, 3.05) is 0 Å². The largest absolute Gasteiger partial charge is 0.481 e. The zero-order valence-corrected chi connectivity index (χ0v) is 17.4. The van der Waals surface area contributed by atoms with E-state index in [0.29, 0.717) is 5.56 Å². The Bertz CT molecular complexity index is 1160. The van der Waals surface area contributed by atoms with Gasteiger partial charge in [0.2, 0.25) is 5.75 Å². The van der Waals surface area contributed by atoms with E-state index in [0.717, 1.165) is 22.6 Å². The third kappa shape index (κ3) is 3.28. The van der Waals surface area contributed by atoms with Crippen molar-refractivity contribution < 1.29 is 19.2 Å². The number of fused-ring (bicyclic) bond motifs is 5. The molecule has 0 unspecified atom stereocenters. The quantitative estimate of drug-likeness (QED) is 0.229. The van der Waals surface area contributed by atoms with E-state index in [1.807, 2.05) is 43.3 Å². The normalized spacial score (nSPS) is 25.7. The molecule has 0 radical (unpaired) electrons. The zero-order valence-electron chi connectivity index (χ0n) is 17.4. The lowest BCUT2D eigenvalue weighted by Gasteiger charge is -2.13. The summed E-state index contributed by atoms with van der Waals surface area (Å²) in [5, 5.41) is 16.6. The highest BCUT2D eigenvalue weighted by molar-refractivity contribution is 6.07. The number of aryl methyl sites for hydroxylation is 1. The van der Waals surface area contributed by atoms with Gasteiger partial charge in [-0.25, -0.2) is 0 Å². The first kappa shape index (κ1) is 20.1. The highest BCUT2D eigenvalue weighted by Crippen LogP contribution is 2.52. The molecule has 2 amide bonds. The number of carbonyl (C=O) groups is 2. The van der Waals surface area contributed by atoms with Crippen molar-refractivity contribution in [3.8, 4) is 5.75 Å². The molecule has 1 heterocycles. The number of amides is 2. The number of para-hydroxylation sites is 1. The number of nitro benzene ring substituents is 1. The first-order chi connectivity index (χ1) is 15.4. The molecular weight excluding hydrogens is 410 g/mol. The van der Waals surface area contributed by atoms with Gasteiger partial charge in [0.15, 0.2) is 0 Å². The summed E-state index contributed by atoms with van der Waals surface area (Å²) in [7, 11) is 0. The molecule has 2 aromatic carbocycles. The fourth-order valence-corrected chi connectivity index (χ4v) is 5.02. The first-order valence-corrected chi connectivity index (χ1v) is 10.5. The summed E-state index contributed by atoms with van der Waals surface area (Å²) >= 11 is 0. The molecule has 32 heavy (non-hydrogen) atoms. The minimum Gasteiger partial charge on any atom is -0.481 e. The Hall–Kier alpha value is -3.81. The summed E-state index contributed by atoms with van der Waals surface area (Å²) in [4.78, 5) is 36.7. The molecule has 1 saturated carbocycles. The molecule has 162 valence electrons. The van der Waals surface area contributed by atoms with Crippen LogP contribution in [0.5, 0.6) is 5.75 Å². The van der Waals surface area contributed by atoms with E-state index in [2.05, 4.69) is 5.10 Å². The number of ether oxygens (including phenoxy) is 1. The predicted molar refractivity (Wildman–Crippen MR) is 116 cm³/mol. The van der Waals surface area contributed by atoms with E-state index >= 15 is 0 Å². The summed E-state index contributed by atoms with van der Waals surface area (Å²) in [6.07, 6.45) is 6.17. The van der Waals surface area contributed by atoms with Gasteiger partial charge in [0.25, 0.3) is 11.8 Å². The maximum Gasteiger partial charge on any atom is 0.311 e. The molecular formula is C24H21N3O5. The molecule has 8 nitrogen and oxygen atoms in total. The number of rotatable bonds is 6. The SMILES string of the molecule is Cc1cccc(COc2c(C=NN3C(=O)[C@@H]4[C@H](C3=O)[C@H]3C=C[C@H]4C3)cccc2[N+](=O)[O-])c1. The second-order valence-electron chi connectivity index (χ2n) is 8.46. The van der Waals surface area contributed by atoms with Gasteiger partial charge in [-0.05, 0) is 36.8 Å². The Balaban J connectivity index is 1.42. The summed E-state index contributed by atoms with van der Waals surface area (Å²) in [6.45, 7) is 2.09. The fraction of sp³-hybridized carbons (Fsp3) is 0.292. The Labute approximate surface area is 184 Å². The Morgan fingerprint density at radius 3 is 2.47 bits per heavy atom. The van der Waals surface area contributed by atoms with Crippen molar-refractivity contribution in [1.29, 1.82) is 0 Å². The highest BCUT2D eigenvalue weighted by Gasteiger charge is 2.59. The Morgan fingerprint density at radius 1 is 1.12 bits per heavy atom. The van der Waals surface area contributed by atoms with Crippen LogP contribution >= 0.6 is 0 Å². The standard InChI is InChI=1S/C24H21N3O5/c1-14-4-2-5-15(10-14)13-32-22-18(6-3-7-19(22)27(30)31)12-25-26-23(28)20-16-8-9-17(11-16)21(20)24(26)29/h2-10,12,16-17,20-21H,11,13H2,1H3/t16-,17-,20-,21+/m0/s1. The van der Waals surface area contributed by atoms with Crippen LogP contribution in [0, 0.1) is 40.7 Å². The van der Waals surface area contributed by atoms with Crippen LogP contribution in [0.15, 0.2) is 59.7 Å². The van der Waals surface area contributed by atoms with Gasteiger partial charge in [-0.2, -0.15) is 10.1 Å². The molecule has 1 saturated heterocycles. The predicted octanol–water partition coefficient (Wildman–Crippen LogP) is 3.62. The molecule has 0 N–H and O–H groups in total. The lowest BCUT2D eigenvalue weighted by Crippen LogP contribution is -2.28. The minimum atomic E-state index is -0.525. The number of hydrogen-bond acceptors (Lipinski definition) is 6. The van der Waals surface area contributed by atoms with Gasteiger partial charge < -0.3 is 4.74 Å². The van der Waals surface area contributed by atoms with E-state index < -0.39 is 4.92 Å². The number of carbonyl (C=O) groups excluding carboxylic acids is 2. The van der Waals surface area contributed by atoms with Crippen molar-refractivity contribution >= 4 is 23.7 Å². The van der Waals surface area contributed by atoms with Crippen LogP contribution in [0.3, 0.4) is 0 Å². The molecule has 4 atom stereocenters. The summed E-state index contributed by atoms with van der Waals surface area (Å²) in [5.41, 5.74) is 2.03. The number of allylic oxidation sites excluding steroid dienone is 2. The van der Waals surface area contributed by atoms with Gasteiger partial charge >= 0.3 is 5.69 Å². The number of imide groups is 1. The summed E-state index contributed by atoms with van der Waals surface area (Å²) < 4.78 is 5.83. The topological polar surface area (TPSA) is 102 Å². The van der Waals surface area contributed by atoms with Crippen LogP contribution in [0.2, 0.25) is 0 Å². The molecule has 5 rings (SSSR count). The van der Waals surface area contributed by atoms with Gasteiger partial charge in [-0.15, -0.1) is 0 Å². The van der Waals surface area contributed by atoms with Crippen LogP contribution in [-0.2, 0) is 16.2 Å². The van der Waals surface area contributed by atoms with Crippen LogP contribution < -0.4 is 4.74 Å². The van der Waals surface area contributed by atoms with E-state index in [-0.39, 0.29) is 53.5 Å². The molecule has 2 bridgehead atoms. The van der Waals surface area contributed by atoms with E-state index in [1.54, 1.807) is 6.07 Å². The van der Waals surface area contributed by atoms with Crippen molar-refractivity contribution in [2.24, 2.45) is 28.8 Å². The van der Waals surface area contributed by atoms with E-state index in [9.17, 15) is 19.7 Å².